The summed E-state index contributed by atoms with van der Waals surface area (Å²) in [5.41, 5.74) is 3.92. The minimum atomic E-state index is -0.470. The third kappa shape index (κ3) is 2.03. The van der Waals surface area contributed by atoms with E-state index in [-0.39, 0.29) is 17.7 Å². The van der Waals surface area contributed by atoms with Crippen molar-refractivity contribution in [2.75, 3.05) is 5.32 Å². The Labute approximate surface area is 108 Å². The summed E-state index contributed by atoms with van der Waals surface area (Å²) < 4.78 is 0. The van der Waals surface area contributed by atoms with Crippen molar-refractivity contribution in [3.05, 3.63) is 28.8 Å². The van der Waals surface area contributed by atoms with E-state index in [2.05, 4.69) is 5.32 Å². The monoisotopic (exact) mass is 247 g/mol. The summed E-state index contributed by atoms with van der Waals surface area (Å²) in [6, 6.07) is 3.96. The Balaban J connectivity index is 2.49. The fourth-order valence-electron chi connectivity index (χ4n) is 2.60. The Kier molecular flexibility index (Phi) is 3.44. The molecule has 1 amide bonds. The van der Waals surface area contributed by atoms with Crippen LogP contribution in [0.3, 0.4) is 0 Å². The minimum Gasteiger partial charge on any atom is -0.388 e. The van der Waals surface area contributed by atoms with Gasteiger partial charge in [0.05, 0.1) is 12.0 Å². The number of benzene rings is 1. The number of hydrogen-bond donors (Lipinski definition) is 2. The van der Waals surface area contributed by atoms with Crippen LogP contribution in [0, 0.1) is 12.8 Å². The van der Waals surface area contributed by atoms with Gasteiger partial charge >= 0.3 is 0 Å². The Morgan fingerprint density at radius 1 is 1.39 bits per heavy atom. The van der Waals surface area contributed by atoms with Crippen LogP contribution in [0.2, 0.25) is 0 Å². The molecule has 18 heavy (non-hydrogen) atoms. The lowest BCUT2D eigenvalue weighted by Crippen LogP contribution is -2.11. The van der Waals surface area contributed by atoms with Gasteiger partial charge in [-0.1, -0.05) is 32.9 Å². The predicted molar refractivity (Wildman–Crippen MR) is 72.6 cm³/mol. The van der Waals surface area contributed by atoms with Crippen LogP contribution in [0.25, 0.3) is 0 Å². The number of nitrogens with one attached hydrogen (secondary N) is 1. The normalized spacial score (nSPS) is 19.9. The van der Waals surface area contributed by atoms with Crippen molar-refractivity contribution in [1.29, 1.82) is 0 Å². The Hall–Kier alpha value is -1.35. The highest BCUT2D eigenvalue weighted by atomic mass is 16.3. The van der Waals surface area contributed by atoms with Crippen molar-refractivity contribution in [1.82, 2.24) is 0 Å². The molecule has 98 valence electrons. The van der Waals surface area contributed by atoms with Gasteiger partial charge in [0, 0.05) is 5.69 Å². The predicted octanol–water partition coefficient (Wildman–Crippen LogP) is 3.13. The van der Waals surface area contributed by atoms with Gasteiger partial charge in [-0.3, -0.25) is 4.79 Å². The van der Waals surface area contributed by atoms with Gasteiger partial charge < -0.3 is 10.4 Å². The number of aliphatic hydroxyl groups excluding tert-OH is 1. The quantitative estimate of drug-likeness (QED) is 0.862. The standard InChI is InChI=1S/C15H21NO2/c1-5-11-12-7-10(14(17)8(2)3)6-9(4)13(12)16-15(11)18/h6-8,11,14,17H,5H2,1-4H3,(H,16,18). The molecule has 1 aromatic rings. The van der Waals surface area contributed by atoms with Gasteiger partial charge in [-0.05, 0) is 36.0 Å². The van der Waals surface area contributed by atoms with E-state index in [1.807, 2.05) is 39.8 Å². The van der Waals surface area contributed by atoms with Crippen LogP contribution in [-0.2, 0) is 4.79 Å². The highest BCUT2D eigenvalue weighted by Gasteiger charge is 2.31. The molecule has 2 atom stereocenters. The molecule has 0 bridgehead atoms. The lowest BCUT2D eigenvalue weighted by Gasteiger charge is -2.18. The largest absolute Gasteiger partial charge is 0.388 e. The van der Waals surface area contributed by atoms with E-state index in [9.17, 15) is 9.90 Å². The fourth-order valence-corrected chi connectivity index (χ4v) is 2.60. The van der Waals surface area contributed by atoms with Gasteiger partial charge in [-0.2, -0.15) is 0 Å². The average molecular weight is 247 g/mol. The van der Waals surface area contributed by atoms with Crippen LogP contribution in [0.1, 0.15) is 55.9 Å². The molecule has 0 saturated heterocycles. The number of aryl methyl sites for hydroxylation is 1. The van der Waals surface area contributed by atoms with Crippen molar-refractivity contribution >= 4 is 11.6 Å². The number of rotatable bonds is 3. The molecule has 1 aliphatic rings. The Morgan fingerprint density at radius 3 is 2.61 bits per heavy atom. The van der Waals surface area contributed by atoms with Crippen LogP contribution in [-0.4, -0.2) is 11.0 Å². The highest BCUT2D eigenvalue weighted by molar-refractivity contribution is 6.03. The van der Waals surface area contributed by atoms with Crippen molar-refractivity contribution in [3.8, 4) is 0 Å². The van der Waals surface area contributed by atoms with Crippen LogP contribution in [0.5, 0.6) is 0 Å². The van der Waals surface area contributed by atoms with Crippen LogP contribution in [0.4, 0.5) is 5.69 Å². The number of anilines is 1. The molecular weight excluding hydrogens is 226 g/mol. The molecule has 0 radical (unpaired) electrons. The SMILES string of the molecule is CCC1C(=O)Nc2c(C)cc(C(O)C(C)C)cc21. The maximum Gasteiger partial charge on any atom is 0.232 e. The molecule has 0 aliphatic carbocycles. The number of carbonyl (C=O) groups excluding carboxylic acids is 1. The molecule has 0 fully saturated rings. The topological polar surface area (TPSA) is 49.3 Å². The van der Waals surface area contributed by atoms with Crippen molar-refractivity contribution in [3.63, 3.8) is 0 Å². The van der Waals surface area contributed by atoms with E-state index in [1.54, 1.807) is 0 Å². The lowest BCUT2D eigenvalue weighted by molar-refractivity contribution is -0.117. The molecular formula is C15H21NO2. The van der Waals surface area contributed by atoms with Crippen LogP contribution < -0.4 is 5.32 Å². The van der Waals surface area contributed by atoms with Gasteiger partial charge in [-0.25, -0.2) is 0 Å². The summed E-state index contributed by atoms with van der Waals surface area (Å²) in [7, 11) is 0. The summed E-state index contributed by atoms with van der Waals surface area (Å²) in [5.74, 6) is 0.178. The Bertz CT molecular complexity index is 480. The first kappa shape index (κ1) is 13.1. The second-order valence-electron chi connectivity index (χ2n) is 5.44. The van der Waals surface area contributed by atoms with E-state index in [0.717, 1.165) is 28.8 Å². The molecule has 2 rings (SSSR count). The van der Waals surface area contributed by atoms with E-state index in [0.29, 0.717) is 0 Å². The van der Waals surface area contributed by atoms with E-state index in [4.69, 9.17) is 0 Å². The summed E-state index contributed by atoms with van der Waals surface area (Å²) in [4.78, 5) is 11.9. The summed E-state index contributed by atoms with van der Waals surface area (Å²) >= 11 is 0. The lowest BCUT2D eigenvalue weighted by atomic mass is 9.90. The second kappa shape index (κ2) is 4.73. The zero-order valence-corrected chi connectivity index (χ0v) is 11.4. The third-order valence-corrected chi connectivity index (χ3v) is 3.71. The minimum absolute atomic E-state index is 0.0713. The number of amides is 1. The first-order chi connectivity index (χ1) is 8.45. The first-order valence-electron chi connectivity index (χ1n) is 6.59. The first-order valence-corrected chi connectivity index (χ1v) is 6.59. The molecule has 1 heterocycles. The molecule has 2 N–H and O–H groups in total. The summed E-state index contributed by atoms with van der Waals surface area (Å²) in [6.07, 6.45) is 0.321. The number of carbonyl (C=O) groups is 1. The average Bonchev–Trinajstić information content (AvgIpc) is 2.64. The highest BCUT2D eigenvalue weighted by Crippen LogP contribution is 2.39. The van der Waals surface area contributed by atoms with E-state index < -0.39 is 6.10 Å². The molecule has 0 saturated carbocycles. The van der Waals surface area contributed by atoms with E-state index in [1.165, 1.54) is 0 Å². The molecule has 3 nitrogen and oxygen atoms in total. The number of aliphatic hydroxyl groups is 1. The fraction of sp³-hybridized carbons (Fsp3) is 0.533. The maximum absolute atomic E-state index is 11.9. The summed E-state index contributed by atoms with van der Waals surface area (Å²) in [5, 5.41) is 13.1. The van der Waals surface area contributed by atoms with Gasteiger partial charge in [0.25, 0.3) is 0 Å². The zero-order valence-electron chi connectivity index (χ0n) is 11.4. The van der Waals surface area contributed by atoms with Gasteiger partial charge in [0.2, 0.25) is 5.91 Å². The number of fused-ring (bicyclic) bond motifs is 1. The summed E-state index contributed by atoms with van der Waals surface area (Å²) in [6.45, 7) is 7.98. The van der Waals surface area contributed by atoms with Crippen LogP contribution in [0.15, 0.2) is 12.1 Å². The molecule has 1 aromatic carbocycles. The van der Waals surface area contributed by atoms with Crippen molar-refractivity contribution < 1.29 is 9.90 Å². The molecule has 2 unspecified atom stereocenters. The molecule has 3 heteroatoms. The number of hydrogen-bond acceptors (Lipinski definition) is 2. The van der Waals surface area contributed by atoms with Crippen molar-refractivity contribution in [2.24, 2.45) is 5.92 Å². The smallest absolute Gasteiger partial charge is 0.232 e. The third-order valence-electron chi connectivity index (χ3n) is 3.71. The van der Waals surface area contributed by atoms with E-state index >= 15 is 0 Å². The molecule has 1 aliphatic heterocycles. The van der Waals surface area contributed by atoms with Gasteiger partial charge in [0.1, 0.15) is 0 Å². The Morgan fingerprint density at radius 2 is 2.06 bits per heavy atom. The van der Waals surface area contributed by atoms with Gasteiger partial charge in [0.15, 0.2) is 0 Å². The zero-order chi connectivity index (χ0) is 13.4. The maximum atomic E-state index is 11.9. The van der Waals surface area contributed by atoms with Crippen LogP contribution >= 0.6 is 0 Å². The molecule has 0 aromatic heterocycles. The second-order valence-corrected chi connectivity index (χ2v) is 5.44. The van der Waals surface area contributed by atoms with Gasteiger partial charge in [-0.15, -0.1) is 0 Å². The van der Waals surface area contributed by atoms with Crippen molar-refractivity contribution in [2.45, 2.75) is 46.1 Å². The molecule has 0 spiro atoms.